The molecular weight excluding hydrogens is 108 g/mol. The van der Waals surface area contributed by atoms with Crippen molar-refractivity contribution >= 4 is 0 Å². The Morgan fingerprint density at radius 1 is 1.67 bits per heavy atom. The highest BCUT2D eigenvalue weighted by Crippen LogP contribution is 2.74. The molecule has 0 aromatic heterocycles. The second-order valence-corrected chi connectivity index (χ2v) is 3.81. The summed E-state index contributed by atoms with van der Waals surface area (Å²) in [5, 5.41) is 0. The van der Waals surface area contributed by atoms with Crippen molar-refractivity contribution in [1.82, 2.24) is 0 Å². The zero-order chi connectivity index (χ0) is 6.65. The molecule has 0 heterocycles. The second-order valence-electron chi connectivity index (χ2n) is 3.81. The van der Waals surface area contributed by atoms with E-state index in [4.69, 9.17) is 0 Å². The number of rotatable bonds is 1. The Hall–Kier alpha value is -0.260. The monoisotopic (exact) mass is 122 g/mol. The van der Waals surface area contributed by atoms with Crippen molar-refractivity contribution in [1.29, 1.82) is 0 Å². The fourth-order valence-electron chi connectivity index (χ4n) is 2.53. The summed E-state index contributed by atoms with van der Waals surface area (Å²) in [6.07, 6.45) is 2.85. The van der Waals surface area contributed by atoms with E-state index in [2.05, 4.69) is 20.4 Å². The molecule has 0 amide bonds. The lowest BCUT2D eigenvalue weighted by atomic mass is 9.76. The molecule has 2 unspecified atom stereocenters. The van der Waals surface area contributed by atoms with Crippen molar-refractivity contribution in [2.75, 3.05) is 0 Å². The maximum Gasteiger partial charge on any atom is 0.0000988 e. The minimum absolute atomic E-state index is 0.653. The topological polar surface area (TPSA) is 0 Å². The van der Waals surface area contributed by atoms with Gasteiger partial charge in [-0.05, 0) is 24.7 Å². The predicted octanol–water partition coefficient (Wildman–Crippen LogP) is 2.61. The van der Waals surface area contributed by atoms with Gasteiger partial charge in [0, 0.05) is 5.41 Å². The molecular formula is C9H14. The molecule has 0 aromatic carbocycles. The highest BCUT2D eigenvalue weighted by atomic mass is 14.7. The number of allylic oxidation sites excluding steroid dienone is 1. The van der Waals surface area contributed by atoms with E-state index < -0.39 is 0 Å². The van der Waals surface area contributed by atoms with E-state index in [1.807, 2.05) is 0 Å². The maximum atomic E-state index is 4.08. The van der Waals surface area contributed by atoms with Gasteiger partial charge in [0.05, 0.1) is 0 Å². The van der Waals surface area contributed by atoms with Crippen LogP contribution in [0.15, 0.2) is 12.2 Å². The van der Waals surface area contributed by atoms with Gasteiger partial charge in [0.1, 0.15) is 0 Å². The van der Waals surface area contributed by atoms with E-state index in [0.717, 1.165) is 11.8 Å². The van der Waals surface area contributed by atoms with Gasteiger partial charge in [-0.25, -0.2) is 0 Å². The number of fused-ring (bicyclic) bond motifs is 1. The first kappa shape index (κ1) is 5.52. The van der Waals surface area contributed by atoms with Crippen LogP contribution in [0.25, 0.3) is 0 Å². The molecule has 2 saturated carbocycles. The molecule has 9 heavy (non-hydrogen) atoms. The standard InChI is InChI=1S/C9H14/c1-6(2)9-5-4-8(9)7(9)3/h6,8H,3-5H2,1-2H3. The van der Waals surface area contributed by atoms with E-state index in [1.165, 1.54) is 12.8 Å². The molecule has 2 aliphatic carbocycles. The molecule has 0 bridgehead atoms. The van der Waals surface area contributed by atoms with Crippen molar-refractivity contribution in [2.24, 2.45) is 17.3 Å². The van der Waals surface area contributed by atoms with Crippen LogP contribution in [0, 0.1) is 17.3 Å². The summed E-state index contributed by atoms with van der Waals surface area (Å²) in [5.41, 5.74) is 2.21. The summed E-state index contributed by atoms with van der Waals surface area (Å²) < 4.78 is 0. The van der Waals surface area contributed by atoms with Gasteiger partial charge in [-0.15, -0.1) is 0 Å². The van der Waals surface area contributed by atoms with Crippen LogP contribution in [0.1, 0.15) is 26.7 Å². The molecule has 0 radical (unpaired) electrons. The van der Waals surface area contributed by atoms with Crippen LogP contribution in [-0.4, -0.2) is 0 Å². The second kappa shape index (κ2) is 1.25. The Labute approximate surface area is 57.0 Å². The molecule has 50 valence electrons. The van der Waals surface area contributed by atoms with Gasteiger partial charge in [0.25, 0.3) is 0 Å². The summed E-state index contributed by atoms with van der Waals surface area (Å²) in [4.78, 5) is 0. The first-order chi connectivity index (χ1) is 4.19. The molecule has 0 aliphatic heterocycles. The summed E-state index contributed by atoms with van der Waals surface area (Å²) in [6, 6.07) is 0. The lowest BCUT2D eigenvalue weighted by Gasteiger charge is -2.28. The third-order valence-corrected chi connectivity index (χ3v) is 3.43. The van der Waals surface area contributed by atoms with Crippen LogP contribution < -0.4 is 0 Å². The highest BCUT2D eigenvalue weighted by molar-refractivity contribution is 5.41. The zero-order valence-corrected chi connectivity index (χ0v) is 6.28. The van der Waals surface area contributed by atoms with Crippen molar-refractivity contribution in [3.8, 4) is 0 Å². The van der Waals surface area contributed by atoms with Crippen molar-refractivity contribution in [3.05, 3.63) is 12.2 Å². The number of hydrogen-bond donors (Lipinski definition) is 0. The number of hydrogen-bond acceptors (Lipinski definition) is 0. The SMILES string of the molecule is C=C1C2CCC12C(C)C. The van der Waals surface area contributed by atoms with Crippen LogP contribution in [0.3, 0.4) is 0 Å². The predicted molar refractivity (Wildman–Crippen MR) is 39.1 cm³/mol. The Morgan fingerprint density at radius 2 is 2.33 bits per heavy atom. The van der Waals surface area contributed by atoms with Gasteiger partial charge in [0.2, 0.25) is 0 Å². The maximum absolute atomic E-state index is 4.08. The average molecular weight is 122 g/mol. The Bertz CT molecular complexity index is 167. The van der Waals surface area contributed by atoms with Gasteiger partial charge in [-0.2, -0.15) is 0 Å². The largest absolute Gasteiger partial charge is 0.0990 e. The normalized spacial score (nSPS) is 46.6. The van der Waals surface area contributed by atoms with E-state index >= 15 is 0 Å². The molecule has 0 N–H and O–H groups in total. The molecule has 2 aliphatic rings. The Morgan fingerprint density at radius 3 is 2.33 bits per heavy atom. The van der Waals surface area contributed by atoms with Crippen LogP contribution in [0.4, 0.5) is 0 Å². The fraction of sp³-hybridized carbons (Fsp3) is 0.778. The zero-order valence-electron chi connectivity index (χ0n) is 6.28. The third-order valence-electron chi connectivity index (χ3n) is 3.43. The summed E-state index contributed by atoms with van der Waals surface area (Å²) in [5.74, 6) is 1.79. The van der Waals surface area contributed by atoms with Gasteiger partial charge < -0.3 is 0 Å². The summed E-state index contributed by atoms with van der Waals surface area (Å²) >= 11 is 0. The summed E-state index contributed by atoms with van der Waals surface area (Å²) in [6.45, 7) is 8.73. The molecule has 0 aromatic rings. The molecule has 0 spiro atoms. The fourth-order valence-corrected chi connectivity index (χ4v) is 2.53. The van der Waals surface area contributed by atoms with Crippen molar-refractivity contribution in [3.63, 3.8) is 0 Å². The van der Waals surface area contributed by atoms with E-state index in [-0.39, 0.29) is 0 Å². The van der Waals surface area contributed by atoms with Crippen molar-refractivity contribution in [2.45, 2.75) is 26.7 Å². The average Bonchev–Trinajstić information content (AvgIpc) is 1.98. The smallest absolute Gasteiger partial charge is 0.0000988 e. The van der Waals surface area contributed by atoms with Gasteiger partial charge in [-0.1, -0.05) is 26.0 Å². The lowest BCUT2D eigenvalue weighted by Crippen LogP contribution is -2.20. The van der Waals surface area contributed by atoms with Gasteiger partial charge in [0.15, 0.2) is 0 Å². The lowest BCUT2D eigenvalue weighted by molar-refractivity contribution is 0.215. The highest BCUT2D eigenvalue weighted by Gasteiger charge is 2.65. The molecule has 2 atom stereocenters. The van der Waals surface area contributed by atoms with E-state index in [0.29, 0.717) is 5.41 Å². The first-order valence-corrected chi connectivity index (χ1v) is 3.89. The van der Waals surface area contributed by atoms with Gasteiger partial charge >= 0.3 is 0 Å². The molecule has 2 fully saturated rings. The van der Waals surface area contributed by atoms with Crippen LogP contribution in [0.2, 0.25) is 0 Å². The Kier molecular flexibility index (Phi) is 0.769. The minimum Gasteiger partial charge on any atom is -0.0990 e. The molecule has 0 saturated heterocycles. The minimum atomic E-state index is 0.653. The molecule has 0 heteroatoms. The first-order valence-electron chi connectivity index (χ1n) is 3.89. The third kappa shape index (κ3) is 0.385. The van der Waals surface area contributed by atoms with Crippen LogP contribution in [-0.2, 0) is 0 Å². The molecule has 2 rings (SSSR count). The summed E-state index contributed by atoms with van der Waals surface area (Å²) in [7, 11) is 0. The van der Waals surface area contributed by atoms with E-state index in [9.17, 15) is 0 Å². The van der Waals surface area contributed by atoms with E-state index in [1.54, 1.807) is 5.57 Å². The van der Waals surface area contributed by atoms with Crippen molar-refractivity contribution < 1.29 is 0 Å². The molecule has 0 nitrogen and oxygen atoms in total. The van der Waals surface area contributed by atoms with Gasteiger partial charge in [-0.3, -0.25) is 0 Å². The van der Waals surface area contributed by atoms with Crippen LogP contribution >= 0.6 is 0 Å². The Balaban J connectivity index is 2.21. The van der Waals surface area contributed by atoms with Crippen LogP contribution in [0.5, 0.6) is 0 Å². The quantitative estimate of drug-likeness (QED) is 0.469.